The maximum Gasteiger partial charge on any atom is 0.164 e. The highest BCUT2D eigenvalue weighted by Gasteiger charge is 2.14. The number of fused-ring (bicyclic) bond motifs is 6. The maximum atomic E-state index is 4.89. The molecule has 0 spiro atoms. The van der Waals surface area contributed by atoms with E-state index in [1.807, 2.05) is 64.1 Å². The Balaban J connectivity index is 0.000000150. The summed E-state index contributed by atoms with van der Waals surface area (Å²) in [6, 6.07) is 67.8. The van der Waals surface area contributed by atoms with Crippen molar-refractivity contribution in [1.82, 2.24) is 29.9 Å². The molecule has 10 aromatic carbocycles. The number of rotatable bonds is 4. The average molecular weight is 825 g/mol. The van der Waals surface area contributed by atoms with Crippen LogP contribution >= 0.6 is 0 Å². The van der Waals surface area contributed by atoms with Crippen molar-refractivity contribution in [3.63, 3.8) is 0 Å². The van der Waals surface area contributed by atoms with Gasteiger partial charge in [-0.1, -0.05) is 172 Å². The molecule has 0 aliphatic rings. The fourth-order valence-corrected chi connectivity index (χ4v) is 8.46. The summed E-state index contributed by atoms with van der Waals surface area (Å²) in [6.07, 6.45) is 0. The van der Waals surface area contributed by atoms with Crippen molar-refractivity contribution in [2.45, 2.75) is 27.7 Å². The summed E-state index contributed by atoms with van der Waals surface area (Å²) >= 11 is 0. The van der Waals surface area contributed by atoms with Gasteiger partial charge >= 0.3 is 0 Å². The molecule has 64 heavy (non-hydrogen) atoms. The molecule has 0 saturated heterocycles. The Hall–Kier alpha value is -8.22. The highest BCUT2D eigenvalue weighted by Crippen LogP contribution is 2.32. The molecule has 12 rings (SSSR count). The van der Waals surface area contributed by atoms with Gasteiger partial charge in [0.15, 0.2) is 23.3 Å². The number of aryl methyl sites for hydroxylation is 2. The van der Waals surface area contributed by atoms with Crippen LogP contribution in [0.1, 0.15) is 25.5 Å². The molecule has 0 unspecified atom stereocenters. The third kappa shape index (κ3) is 7.89. The minimum Gasteiger partial charge on any atom is -0.213 e. The quantitative estimate of drug-likeness (QED) is 0.165. The maximum absolute atomic E-state index is 4.89. The predicted molar refractivity (Wildman–Crippen MR) is 267 cm³/mol. The normalized spacial score (nSPS) is 11.1. The van der Waals surface area contributed by atoms with Crippen LogP contribution in [0.5, 0.6) is 0 Å². The van der Waals surface area contributed by atoms with Gasteiger partial charge in [0.05, 0.1) is 0 Å². The molecule has 0 aliphatic carbocycles. The number of aromatic nitrogens is 6. The van der Waals surface area contributed by atoms with E-state index in [4.69, 9.17) is 9.97 Å². The van der Waals surface area contributed by atoms with E-state index in [0.29, 0.717) is 29.1 Å². The van der Waals surface area contributed by atoms with Crippen molar-refractivity contribution in [2.24, 2.45) is 0 Å². The molecule has 0 amide bonds. The molecule has 0 bridgehead atoms. The van der Waals surface area contributed by atoms with Crippen molar-refractivity contribution in [2.75, 3.05) is 0 Å². The smallest absolute Gasteiger partial charge is 0.164 e. The van der Waals surface area contributed by atoms with Gasteiger partial charge in [0, 0.05) is 22.3 Å². The summed E-state index contributed by atoms with van der Waals surface area (Å²) < 4.78 is 0. The van der Waals surface area contributed by atoms with Crippen LogP contribution in [0.2, 0.25) is 0 Å². The molecule has 0 aliphatic heterocycles. The van der Waals surface area contributed by atoms with Crippen LogP contribution in [0.25, 0.3) is 110 Å². The molecule has 0 radical (unpaired) electrons. The first-order chi connectivity index (χ1) is 31.5. The Morgan fingerprint density at radius 1 is 0.250 bits per heavy atom. The first-order valence-corrected chi connectivity index (χ1v) is 21.8. The van der Waals surface area contributed by atoms with Crippen molar-refractivity contribution in [1.29, 1.82) is 0 Å². The van der Waals surface area contributed by atoms with E-state index < -0.39 is 0 Å². The molecule has 2 heterocycles. The van der Waals surface area contributed by atoms with Gasteiger partial charge in [-0.2, -0.15) is 0 Å². The van der Waals surface area contributed by atoms with Gasteiger partial charge in [0.25, 0.3) is 0 Å². The third-order valence-corrected chi connectivity index (χ3v) is 11.5. The second-order valence-electron chi connectivity index (χ2n) is 15.6. The summed E-state index contributed by atoms with van der Waals surface area (Å²) in [6.45, 7) is 7.85. The van der Waals surface area contributed by atoms with E-state index in [1.54, 1.807) is 0 Å². The molecular weight excluding hydrogens is 781 g/mol. The van der Waals surface area contributed by atoms with Gasteiger partial charge in [-0.3, -0.25) is 0 Å². The fraction of sp³-hybridized carbons (Fsp3) is 0.0690. The third-order valence-electron chi connectivity index (χ3n) is 11.5. The van der Waals surface area contributed by atoms with E-state index in [-0.39, 0.29) is 0 Å². The van der Waals surface area contributed by atoms with Crippen LogP contribution in [-0.4, -0.2) is 29.9 Å². The minimum absolute atomic E-state index is 0.696. The second kappa shape index (κ2) is 17.3. The summed E-state index contributed by atoms with van der Waals surface area (Å²) in [5, 5.41) is 14.4. The molecule has 306 valence electrons. The largest absolute Gasteiger partial charge is 0.213 e. The lowest BCUT2D eigenvalue weighted by Gasteiger charge is -2.10. The van der Waals surface area contributed by atoms with E-state index in [0.717, 1.165) is 38.9 Å². The standard InChI is InChI=1S/C32H21N3.C24H17N3.C2H6/c1-20-33-31(27-12-10-25-14-21-6-2-4-8-23(21)16-29(25)18-27)35-32(34-20)28-13-11-26-15-22-7-3-5-9-24(22)17-30(26)19-28;1-16-25-23(21-14-6-10-17-8-2-4-12-19(17)21)27-24(26-16)22-15-7-11-18-9-3-5-13-20(18)22;1-2/h2-19H,1H3;2-15H,1H3;1-2H3. The van der Waals surface area contributed by atoms with Crippen molar-refractivity contribution in [3.05, 3.63) is 206 Å². The first-order valence-electron chi connectivity index (χ1n) is 21.8. The number of hydrogen-bond acceptors (Lipinski definition) is 6. The molecule has 0 atom stereocenters. The summed E-state index contributed by atoms with van der Waals surface area (Å²) in [5.41, 5.74) is 4.04. The summed E-state index contributed by atoms with van der Waals surface area (Å²) in [5.74, 6) is 4.24. The Labute approximate surface area is 372 Å². The molecule has 6 heteroatoms. The molecule has 2 aromatic heterocycles. The Kier molecular flexibility index (Phi) is 10.8. The minimum atomic E-state index is 0.696. The highest BCUT2D eigenvalue weighted by molar-refractivity contribution is 6.01. The highest BCUT2D eigenvalue weighted by atomic mass is 15.0. The van der Waals surface area contributed by atoms with Gasteiger partial charge in [-0.15, -0.1) is 0 Å². The molecular formula is C58H44N6. The first kappa shape index (κ1) is 39.9. The van der Waals surface area contributed by atoms with Gasteiger partial charge < -0.3 is 0 Å². The lowest BCUT2D eigenvalue weighted by Crippen LogP contribution is -2.00. The zero-order valence-corrected chi connectivity index (χ0v) is 36.2. The molecule has 0 fully saturated rings. The van der Waals surface area contributed by atoms with E-state index in [1.165, 1.54) is 53.9 Å². The topological polar surface area (TPSA) is 77.3 Å². The van der Waals surface area contributed by atoms with Crippen molar-refractivity contribution in [3.8, 4) is 45.6 Å². The van der Waals surface area contributed by atoms with Gasteiger partial charge in [-0.25, -0.2) is 29.9 Å². The Morgan fingerprint density at radius 2 is 0.562 bits per heavy atom. The molecule has 6 nitrogen and oxygen atoms in total. The van der Waals surface area contributed by atoms with Crippen LogP contribution in [0.4, 0.5) is 0 Å². The number of hydrogen-bond donors (Lipinski definition) is 0. The van der Waals surface area contributed by atoms with Gasteiger partial charge in [0.2, 0.25) is 0 Å². The van der Waals surface area contributed by atoms with Crippen molar-refractivity contribution < 1.29 is 0 Å². The Morgan fingerprint density at radius 3 is 0.984 bits per heavy atom. The SMILES string of the molecule is CC.Cc1nc(-c2ccc3cc4ccccc4cc3c2)nc(-c2ccc3cc4ccccc4cc3c2)n1.Cc1nc(-c2cccc3ccccc23)nc(-c2cccc3ccccc23)n1. The second-order valence-corrected chi connectivity index (χ2v) is 15.6. The molecule has 0 N–H and O–H groups in total. The lowest BCUT2D eigenvalue weighted by molar-refractivity contribution is 0.992. The number of benzene rings is 10. The molecule has 12 aromatic rings. The van der Waals surface area contributed by atoms with Crippen LogP contribution in [-0.2, 0) is 0 Å². The number of nitrogens with zero attached hydrogens (tertiary/aromatic N) is 6. The van der Waals surface area contributed by atoms with Crippen molar-refractivity contribution >= 4 is 64.6 Å². The summed E-state index contributed by atoms with van der Waals surface area (Å²) in [4.78, 5) is 28.4. The Bertz CT molecular complexity index is 3450. The van der Waals surface area contributed by atoms with Gasteiger partial charge in [-0.05, 0) is 115 Å². The van der Waals surface area contributed by atoms with Crippen LogP contribution < -0.4 is 0 Å². The lowest BCUT2D eigenvalue weighted by atomic mass is 10.0. The van der Waals surface area contributed by atoms with E-state index in [2.05, 4.69) is 178 Å². The summed E-state index contributed by atoms with van der Waals surface area (Å²) in [7, 11) is 0. The average Bonchev–Trinajstić information content (AvgIpc) is 3.34. The molecule has 0 saturated carbocycles. The predicted octanol–water partition coefficient (Wildman–Crippen LogP) is 15.0. The zero-order valence-electron chi connectivity index (χ0n) is 36.2. The monoisotopic (exact) mass is 824 g/mol. The van der Waals surface area contributed by atoms with Crippen LogP contribution in [0.15, 0.2) is 194 Å². The van der Waals surface area contributed by atoms with Gasteiger partial charge in [0.1, 0.15) is 11.6 Å². The van der Waals surface area contributed by atoms with E-state index >= 15 is 0 Å². The van der Waals surface area contributed by atoms with Crippen LogP contribution in [0.3, 0.4) is 0 Å². The van der Waals surface area contributed by atoms with Crippen LogP contribution in [0, 0.1) is 13.8 Å². The zero-order chi connectivity index (χ0) is 43.6. The fourth-order valence-electron chi connectivity index (χ4n) is 8.46. The van der Waals surface area contributed by atoms with E-state index in [9.17, 15) is 0 Å².